The predicted octanol–water partition coefficient (Wildman–Crippen LogP) is 3.67. The van der Waals surface area contributed by atoms with Crippen molar-refractivity contribution in [3.63, 3.8) is 0 Å². The number of nitrogens with one attached hydrogen (secondary N) is 1. The number of halogens is 4. The third kappa shape index (κ3) is 2.42. The molecule has 7 heteroatoms. The number of rotatable bonds is 1. The van der Waals surface area contributed by atoms with Crippen LogP contribution in [0, 0.1) is 11.8 Å². The molecule has 2 aliphatic heterocycles. The molecular formula is C14H17F4N3. The third-order valence-corrected chi connectivity index (χ3v) is 4.35. The number of piperidine rings is 1. The molecule has 116 valence electrons. The standard InChI is InChI=1S/C14H17F4N3/c1-7(2)9-4-12-20-11-3-8(14(16,17)18)5-19-13(11)21(12)6-10(9)15/h3,5,7,9-10,12,20H,4,6H2,1-2H3. The molecule has 2 aliphatic rings. The number of fused-ring (bicyclic) bond motifs is 3. The largest absolute Gasteiger partial charge is 0.417 e. The summed E-state index contributed by atoms with van der Waals surface area (Å²) in [6.07, 6.45) is -4.20. The fourth-order valence-corrected chi connectivity index (χ4v) is 3.17. The van der Waals surface area contributed by atoms with Crippen molar-refractivity contribution in [3.05, 3.63) is 17.8 Å². The quantitative estimate of drug-likeness (QED) is 0.802. The summed E-state index contributed by atoms with van der Waals surface area (Å²) >= 11 is 0. The van der Waals surface area contributed by atoms with Crippen LogP contribution in [0.15, 0.2) is 12.3 Å². The van der Waals surface area contributed by atoms with Crippen LogP contribution in [0.3, 0.4) is 0 Å². The molecule has 0 aromatic carbocycles. The lowest BCUT2D eigenvalue weighted by atomic mass is 9.84. The average molecular weight is 303 g/mol. The van der Waals surface area contributed by atoms with E-state index in [1.165, 1.54) is 0 Å². The van der Waals surface area contributed by atoms with Gasteiger partial charge in [-0.3, -0.25) is 0 Å². The van der Waals surface area contributed by atoms with Crippen LogP contribution < -0.4 is 10.2 Å². The van der Waals surface area contributed by atoms with Gasteiger partial charge < -0.3 is 10.2 Å². The first kappa shape index (κ1) is 14.4. The molecule has 3 unspecified atom stereocenters. The van der Waals surface area contributed by atoms with Crippen molar-refractivity contribution in [2.24, 2.45) is 11.8 Å². The van der Waals surface area contributed by atoms with Crippen molar-refractivity contribution in [1.29, 1.82) is 0 Å². The molecule has 1 fully saturated rings. The summed E-state index contributed by atoms with van der Waals surface area (Å²) in [4.78, 5) is 5.63. The molecule has 1 aromatic heterocycles. The first-order valence-electron chi connectivity index (χ1n) is 7.02. The van der Waals surface area contributed by atoms with E-state index in [1.54, 1.807) is 4.90 Å². The Labute approximate surface area is 120 Å². The van der Waals surface area contributed by atoms with E-state index in [0.717, 1.165) is 12.3 Å². The third-order valence-electron chi connectivity index (χ3n) is 4.35. The SMILES string of the molecule is CC(C)C1CC2Nc3cc(C(F)(F)F)cnc3N2CC1F. The highest BCUT2D eigenvalue weighted by Crippen LogP contribution is 2.42. The predicted molar refractivity (Wildman–Crippen MR) is 71.8 cm³/mol. The van der Waals surface area contributed by atoms with E-state index in [4.69, 9.17) is 0 Å². The van der Waals surface area contributed by atoms with Gasteiger partial charge in [-0.15, -0.1) is 0 Å². The van der Waals surface area contributed by atoms with Crippen LogP contribution in [0.5, 0.6) is 0 Å². The van der Waals surface area contributed by atoms with E-state index in [-0.39, 0.29) is 24.5 Å². The molecule has 1 N–H and O–H groups in total. The van der Waals surface area contributed by atoms with Crippen LogP contribution in [-0.4, -0.2) is 23.9 Å². The zero-order valence-corrected chi connectivity index (χ0v) is 11.8. The smallest absolute Gasteiger partial charge is 0.362 e. The Morgan fingerprint density at radius 2 is 2.10 bits per heavy atom. The molecule has 0 aliphatic carbocycles. The van der Waals surface area contributed by atoms with Crippen LogP contribution in [0.1, 0.15) is 25.8 Å². The van der Waals surface area contributed by atoms with Gasteiger partial charge in [-0.05, 0) is 24.3 Å². The van der Waals surface area contributed by atoms with Crippen molar-refractivity contribution in [2.75, 3.05) is 16.8 Å². The molecule has 1 saturated heterocycles. The molecule has 3 rings (SSSR count). The summed E-state index contributed by atoms with van der Waals surface area (Å²) in [6, 6.07) is 1.05. The van der Waals surface area contributed by atoms with E-state index in [1.807, 2.05) is 13.8 Å². The highest BCUT2D eigenvalue weighted by atomic mass is 19.4. The van der Waals surface area contributed by atoms with Gasteiger partial charge in [0.2, 0.25) is 0 Å². The Morgan fingerprint density at radius 1 is 1.38 bits per heavy atom. The van der Waals surface area contributed by atoms with Gasteiger partial charge in [0, 0.05) is 6.20 Å². The van der Waals surface area contributed by atoms with E-state index in [9.17, 15) is 17.6 Å². The molecule has 3 nitrogen and oxygen atoms in total. The second-order valence-electron chi connectivity index (χ2n) is 6.06. The van der Waals surface area contributed by atoms with Gasteiger partial charge in [0.1, 0.15) is 12.3 Å². The minimum atomic E-state index is -4.42. The molecule has 0 bridgehead atoms. The Morgan fingerprint density at radius 3 is 2.71 bits per heavy atom. The van der Waals surface area contributed by atoms with Crippen molar-refractivity contribution in [1.82, 2.24) is 4.98 Å². The second kappa shape index (κ2) is 4.74. The molecule has 0 spiro atoms. The maximum Gasteiger partial charge on any atom is 0.417 e. The van der Waals surface area contributed by atoms with Gasteiger partial charge in [-0.2, -0.15) is 13.2 Å². The lowest BCUT2D eigenvalue weighted by Crippen LogP contribution is -2.50. The Hall–Kier alpha value is -1.53. The highest BCUT2D eigenvalue weighted by Gasteiger charge is 2.43. The first-order valence-corrected chi connectivity index (χ1v) is 7.02. The van der Waals surface area contributed by atoms with Gasteiger partial charge in [0.15, 0.2) is 5.82 Å². The number of aromatic nitrogens is 1. The minimum Gasteiger partial charge on any atom is -0.362 e. The Bertz CT molecular complexity index is 544. The Kier molecular flexibility index (Phi) is 3.26. The van der Waals surface area contributed by atoms with Crippen molar-refractivity contribution in [3.8, 4) is 0 Å². The Balaban J connectivity index is 1.88. The van der Waals surface area contributed by atoms with Crippen molar-refractivity contribution < 1.29 is 17.6 Å². The molecule has 21 heavy (non-hydrogen) atoms. The summed E-state index contributed by atoms with van der Waals surface area (Å²) in [6.45, 7) is 4.11. The van der Waals surface area contributed by atoms with Gasteiger partial charge in [-0.1, -0.05) is 13.8 Å². The van der Waals surface area contributed by atoms with Gasteiger partial charge in [-0.25, -0.2) is 9.37 Å². The summed E-state index contributed by atoms with van der Waals surface area (Å²) in [5, 5.41) is 3.05. The maximum absolute atomic E-state index is 14.2. The number of anilines is 2. The monoisotopic (exact) mass is 303 g/mol. The highest BCUT2D eigenvalue weighted by molar-refractivity contribution is 5.73. The van der Waals surface area contributed by atoms with Crippen LogP contribution in [0.4, 0.5) is 29.1 Å². The van der Waals surface area contributed by atoms with Crippen LogP contribution in [0.25, 0.3) is 0 Å². The molecule has 3 atom stereocenters. The fourth-order valence-electron chi connectivity index (χ4n) is 3.17. The van der Waals surface area contributed by atoms with E-state index < -0.39 is 17.9 Å². The summed E-state index contributed by atoms with van der Waals surface area (Å²) in [5.74, 6) is 0.527. The van der Waals surface area contributed by atoms with Gasteiger partial charge >= 0.3 is 6.18 Å². The number of hydrogen-bond acceptors (Lipinski definition) is 3. The van der Waals surface area contributed by atoms with Crippen LogP contribution in [-0.2, 0) is 6.18 Å². The molecule has 3 heterocycles. The summed E-state index contributed by atoms with van der Waals surface area (Å²) in [7, 11) is 0. The molecule has 1 aromatic rings. The number of alkyl halides is 4. The first-order chi connectivity index (χ1) is 9.77. The lowest BCUT2D eigenvalue weighted by molar-refractivity contribution is -0.137. The van der Waals surface area contributed by atoms with Gasteiger partial charge in [0.25, 0.3) is 0 Å². The second-order valence-corrected chi connectivity index (χ2v) is 6.06. The topological polar surface area (TPSA) is 28.2 Å². The summed E-state index contributed by atoms with van der Waals surface area (Å²) < 4.78 is 52.4. The number of hydrogen-bond donors (Lipinski definition) is 1. The lowest BCUT2D eigenvalue weighted by Gasteiger charge is -2.39. The van der Waals surface area contributed by atoms with Crippen molar-refractivity contribution in [2.45, 2.75) is 38.8 Å². The molecular weight excluding hydrogens is 286 g/mol. The number of pyridine rings is 1. The van der Waals surface area contributed by atoms with Crippen LogP contribution >= 0.6 is 0 Å². The fraction of sp³-hybridized carbons (Fsp3) is 0.643. The van der Waals surface area contributed by atoms with Crippen molar-refractivity contribution >= 4 is 11.5 Å². The summed E-state index contributed by atoms with van der Waals surface area (Å²) in [5.41, 5.74) is -0.447. The van der Waals surface area contributed by atoms with E-state index >= 15 is 0 Å². The maximum atomic E-state index is 14.2. The zero-order chi connectivity index (χ0) is 15.4. The molecule has 0 radical (unpaired) electrons. The van der Waals surface area contributed by atoms with E-state index in [0.29, 0.717) is 17.9 Å². The number of nitrogens with zero attached hydrogens (tertiary/aromatic N) is 2. The van der Waals surface area contributed by atoms with Gasteiger partial charge in [0.05, 0.1) is 17.8 Å². The molecule has 0 saturated carbocycles. The van der Waals surface area contributed by atoms with E-state index in [2.05, 4.69) is 10.3 Å². The normalized spacial score (nSPS) is 28.3. The minimum absolute atomic E-state index is 0.0878. The molecule has 0 amide bonds. The van der Waals surface area contributed by atoms with Crippen LogP contribution in [0.2, 0.25) is 0 Å². The average Bonchev–Trinajstić information content (AvgIpc) is 2.73. The zero-order valence-electron chi connectivity index (χ0n) is 11.8.